The van der Waals surface area contributed by atoms with Crippen LogP contribution in [0.1, 0.15) is 18.5 Å². The first-order valence-electron chi connectivity index (χ1n) is 6.50. The molecule has 2 aromatic rings. The second kappa shape index (κ2) is 6.17. The molecule has 7 heteroatoms. The molecule has 0 spiro atoms. The lowest BCUT2D eigenvalue weighted by molar-refractivity contribution is -0.121. The summed E-state index contributed by atoms with van der Waals surface area (Å²) in [5, 5.41) is 28.8. The number of phenols is 2. The molecular weight excluding hydrogens is 272 g/mol. The number of carbonyl (C=O) groups excluding carboxylic acids is 1. The Morgan fingerprint density at radius 1 is 1.33 bits per heavy atom. The number of hydrogen-bond acceptors (Lipinski definition) is 5. The molecule has 1 aromatic heterocycles. The summed E-state index contributed by atoms with van der Waals surface area (Å²) < 4.78 is 1.52. The van der Waals surface area contributed by atoms with Crippen LogP contribution in [0.15, 0.2) is 30.6 Å². The summed E-state index contributed by atoms with van der Waals surface area (Å²) in [4.78, 5) is 11.3. The van der Waals surface area contributed by atoms with Crippen LogP contribution in [0, 0.1) is 0 Å². The number of anilines is 1. The van der Waals surface area contributed by atoms with Gasteiger partial charge in [0.15, 0.2) is 0 Å². The first kappa shape index (κ1) is 14.7. The molecule has 0 aliphatic carbocycles. The Kier molecular flexibility index (Phi) is 4.32. The maximum Gasteiger partial charge on any atom is 0.241 e. The Morgan fingerprint density at radius 2 is 2.00 bits per heavy atom. The van der Waals surface area contributed by atoms with Gasteiger partial charge in [0.2, 0.25) is 5.91 Å². The number of rotatable bonds is 5. The fourth-order valence-corrected chi connectivity index (χ4v) is 1.95. The van der Waals surface area contributed by atoms with Crippen LogP contribution in [-0.4, -0.2) is 32.9 Å². The predicted octanol–water partition coefficient (Wildman–Crippen LogP) is 1.21. The van der Waals surface area contributed by atoms with E-state index in [0.717, 1.165) is 11.3 Å². The van der Waals surface area contributed by atoms with Crippen molar-refractivity contribution in [2.24, 2.45) is 0 Å². The first-order chi connectivity index (χ1) is 9.97. The third-order valence-corrected chi connectivity index (χ3v) is 3.03. The van der Waals surface area contributed by atoms with E-state index in [4.69, 9.17) is 0 Å². The fraction of sp³-hybridized carbons (Fsp3) is 0.286. The number of hydrogen-bond donors (Lipinski definition) is 4. The number of carbonyl (C=O) groups is 1. The Balaban J connectivity index is 2.05. The summed E-state index contributed by atoms with van der Waals surface area (Å²) in [6, 6.07) is 4.29. The highest BCUT2D eigenvalue weighted by Crippen LogP contribution is 2.26. The van der Waals surface area contributed by atoms with Crippen molar-refractivity contribution >= 4 is 11.6 Å². The number of aromatic hydroxyl groups is 2. The van der Waals surface area contributed by atoms with E-state index in [1.165, 1.54) is 10.7 Å². The smallest absolute Gasteiger partial charge is 0.241 e. The number of likely N-dealkylation sites (N-methyl/N-ethyl adjacent to an activating group) is 1. The summed E-state index contributed by atoms with van der Waals surface area (Å²) in [6.07, 6.45) is 3.33. The molecule has 1 atom stereocenters. The molecular formula is C14H18N4O3. The van der Waals surface area contributed by atoms with Crippen molar-refractivity contribution < 1.29 is 15.0 Å². The molecule has 0 saturated carbocycles. The Hall–Kier alpha value is -2.70. The molecule has 0 saturated heterocycles. The molecule has 0 aliphatic heterocycles. The van der Waals surface area contributed by atoms with Crippen LogP contribution in [0.4, 0.5) is 5.69 Å². The van der Waals surface area contributed by atoms with Crippen LogP contribution < -0.4 is 10.6 Å². The van der Waals surface area contributed by atoms with Gasteiger partial charge in [-0.25, -0.2) is 0 Å². The highest BCUT2D eigenvalue weighted by atomic mass is 16.3. The summed E-state index contributed by atoms with van der Waals surface area (Å²) in [5.41, 5.74) is 1.49. The van der Waals surface area contributed by atoms with Gasteiger partial charge in [-0.05, 0) is 24.6 Å². The van der Waals surface area contributed by atoms with E-state index >= 15 is 0 Å². The standard InChI is InChI=1S/C14H18N4O3/c1-9(10-3-12(19)5-13(20)4-10)17-11-6-16-18(7-11)8-14(21)15-2/h3-7,9,17,19-20H,8H2,1-2H3,(H,15,21). The first-order valence-corrected chi connectivity index (χ1v) is 6.50. The number of amides is 1. The van der Waals surface area contributed by atoms with Gasteiger partial charge in [-0.1, -0.05) is 0 Å². The lowest BCUT2D eigenvalue weighted by atomic mass is 10.1. The van der Waals surface area contributed by atoms with Gasteiger partial charge in [0.05, 0.1) is 11.9 Å². The van der Waals surface area contributed by atoms with Gasteiger partial charge in [0.1, 0.15) is 18.0 Å². The zero-order valence-corrected chi connectivity index (χ0v) is 11.9. The van der Waals surface area contributed by atoms with Gasteiger partial charge in [0, 0.05) is 25.4 Å². The Bertz CT molecular complexity index is 619. The second-order valence-electron chi connectivity index (χ2n) is 4.75. The number of benzene rings is 1. The quantitative estimate of drug-likeness (QED) is 0.663. The third kappa shape index (κ3) is 3.88. The average molecular weight is 290 g/mol. The maximum absolute atomic E-state index is 11.3. The highest BCUT2D eigenvalue weighted by Gasteiger charge is 2.10. The van der Waals surface area contributed by atoms with Gasteiger partial charge in [0.25, 0.3) is 0 Å². The molecule has 0 fully saturated rings. The van der Waals surface area contributed by atoms with Crippen molar-refractivity contribution in [1.29, 1.82) is 0 Å². The van der Waals surface area contributed by atoms with Crippen LogP contribution in [0.2, 0.25) is 0 Å². The molecule has 7 nitrogen and oxygen atoms in total. The molecule has 2 rings (SSSR count). The van der Waals surface area contributed by atoms with Gasteiger partial charge >= 0.3 is 0 Å². The molecule has 0 bridgehead atoms. The van der Waals surface area contributed by atoms with E-state index < -0.39 is 0 Å². The van der Waals surface area contributed by atoms with Crippen LogP contribution in [0.25, 0.3) is 0 Å². The van der Waals surface area contributed by atoms with E-state index in [2.05, 4.69) is 15.7 Å². The molecule has 1 unspecified atom stereocenters. The summed E-state index contributed by atoms with van der Waals surface area (Å²) in [5.74, 6) is -0.112. The minimum absolute atomic E-state index is 0.00830. The number of nitrogens with one attached hydrogen (secondary N) is 2. The molecule has 0 aliphatic rings. The van der Waals surface area contributed by atoms with E-state index in [0.29, 0.717) is 0 Å². The summed E-state index contributed by atoms with van der Waals surface area (Å²) in [6.45, 7) is 2.05. The zero-order chi connectivity index (χ0) is 15.4. The molecule has 21 heavy (non-hydrogen) atoms. The summed E-state index contributed by atoms with van der Waals surface area (Å²) in [7, 11) is 1.57. The molecule has 4 N–H and O–H groups in total. The fourth-order valence-electron chi connectivity index (χ4n) is 1.95. The van der Waals surface area contributed by atoms with Gasteiger partial charge in [-0.2, -0.15) is 5.10 Å². The lowest BCUT2D eigenvalue weighted by Crippen LogP contribution is -2.23. The number of phenolic OH excluding ortho intramolecular Hbond substituents is 2. The van der Waals surface area contributed by atoms with E-state index in [-0.39, 0.29) is 30.0 Å². The number of aromatic nitrogens is 2. The molecule has 1 aromatic carbocycles. The van der Waals surface area contributed by atoms with Crippen LogP contribution in [0.3, 0.4) is 0 Å². The highest BCUT2D eigenvalue weighted by molar-refractivity contribution is 5.75. The maximum atomic E-state index is 11.3. The monoisotopic (exact) mass is 290 g/mol. The van der Waals surface area contributed by atoms with Crippen molar-refractivity contribution in [1.82, 2.24) is 15.1 Å². The average Bonchev–Trinajstić information content (AvgIpc) is 2.84. The third-order valence-electron chi connectivity index (χ3n) is 3.03. The van der Waals surface area contributed by atoms with Crippen molar-refractivity contribution in [3.05, 3.63) is 36.2 Å². The van der Waals surface area contributed by atoms with Gasteiger partial charge < -0.3 is 20.8 Å². The molecule has 0 radical (unpaired) electrons. The largest absolute Gasteiger partial charge is 0.508 e. The van der Waals surface area contributed by atoms with Crippen LogP contribution in [0.5, 0.6) is 11.5 Å². The van der Waals surface area contributed by atoms with Crippen LogP contribution in [-0.2, 0) is 11.3 Å². The molecule has 1 amide bonds. The minimum Gasteiger partial charge on any atom is -0.508 e. The molecule has 1 heterocycles. The predicted molar refractivity (Wildman–Crippen MR) is 78.1 cm³/mol. The van der Waals surface area contributed by atoms with E-state index in [1.54, 1.807) is 31.6 Å². The zero-order valence-electron chi connectivity index (χ0n) is 11.9. The van der Waals surface area contributed by atoms with Crippen molar-refractivity contribution in [2.45, 2.75) is 19.5 Å². The topological polar surface area (TPSA) is 99.4 Å². The normalized spacial score (nSPS) is 11.9. The SMILES string of the molecule is CNC(=O)Cn1cc(NC(C)c2cc(O)cc(O)c2)cn1. The van der Waals surface area contributed by atoms with Gasteiger partial charge in [-0.15, -0.1) is 0 Å². The Morgan fingerprint density at radius 3 is 2.62 bits per heavy atom. The van der Waals surface area contributed by atoms with Crippen LogP contribution >= 0.6 is 0 Å². The van der Waals surface area contributed by atoms with E-state index in [9.17, 15) is 15.0 Å². The number of nitrogens with zero attached hydrogens (tertiary/aromatic N) is 2. The summed E-state index contributed by atoms with van der Waals surface area (Å²) >= 11 is 0. The van der Waals surface area contributed by atoms with E-state index in [1.807, 2.05) is 6.92 Å². The molecule has 112 valence electrons. The lowest BCUT2D eigenvalue weighted by Gasteiger charge is -2.14. The Labute approximate surface area is 122 Å². The second-order valence-corrected chi connectivity index (χ2v) is 4.75. The minimum atomic E-state index is -0.138. The van der Waals surface area contributed by atoms with Crippen molar-refractivity contribution in [3.63, 3.8) is 0 Å². The van der Waals surface area contributed by atoms with Crippen molar-refractivity contribution in [2.75, 3.05) is 12.4 Å². The van der Waals surface area contributed by atoms with Crippen molar-refractivity contribution in [3.8, 4) is 11.5 Å². The van der Waals surface area contributed by atoms with Gasteiger partial charge in [-0.3, -0.25) is 9.48 Å².